The lowest BCUT2D eigenvalue weighted by atomic mass is 9.95. The Kier molecular flexibility index (Phi) is 5.67. The number of nitrogens with one attached hydrogen (secondary N) is 1. The van der Waals surface area contributed by atoms with Gasteiger partial charge in [0.2, 0.25) is 0 Å². The highest BCUT2D eigenvalue weighted by Crippen LogP contribution is 2.37. The number of anilines is 1. The summed E-state index contributed by atoms with van der Waals surface area (Å²) in [6.07, 6.45) is 4.05. The van der Waals surface area contributed by atoms with Crippen LogP contribution in [0.25, 0.3) is 0 Å². The number of rotatable bonds is 5. The van der Waals surface area contributed by atoms with Gasteiger partial charge in [0, 0.05) is 23.4 Å². The summed E-state index contributed by atoms with van der Waals surface area (Å²) in [7, 11) is -0.0708. The number of amides is 1. The first kappa shape index (κ1) is 21.0. The van der Waals surface area contributed by atoms with E-state index in [1.165, 1.54) is 14.2 Å². The first-order valence-electron chi connectivity index (χ1n) is 9.86. The van der Waals surface area contributed by atoms with Crippen molar-refractivity contribution in [1.82, 2.24) is 9.78 Å². The van der Waals surface area contributed by atoms with Gasteiger partial charge in [-0.05, 0) is 32.1 Å². The summed E-state index contributed by atoms with van der Waals surface area (Å²) in [5.41, 5.74) is 2.65. The van der Waals surface area contributed by atoms with Crippen molar-refractivity contribution in [1.29, 1.82) is 0 Å². The van der Waals surface area contributed by atoms with E-state index in [4.69, 9.17) is 21.1 Å². The van der Waals surface area contributed by atoms with Crippen molar-refractivity contribution in [3.05, 3.63) is 34.1 Å². The Balaban J connectivity index is 1.68. The molecule has 1 N–H and O–H groups in total. The molecule has 10 heteroatoms. The van der Waals surface area contributed by atoms with Crippen molar-refractivity contribution in [2.75, 3.05) is 31.0 Å². The van der Waals surface area contributed by atoms with Crippen LogP contribution in [0.4, 0.5) is 5.69 Å². The van der Waals surface area contributed by atoms with Crippen LogP contribution in [-0.4, -0.2) is 49.8 Å². The molecule has 1 aromatic heterocycles. The van der Waals surface area contributed by atoms with E-state index in [-0.39, 0.29) is 23.5 Å². The number of halogens is 1. The van der Waals surface area contributed by atoms with Gasteiger partial charge < -0.3 is 14.8 Å². The maximum absolute atomic E-state index is 13.2. The van der Waals surface area contributed by atoms with Crippen LogP contribution in [0.2, 0.25) is 5.02 Å². The third-order valence-corrected chi connectivity index (χ3v) is 7.75. The molecule has 1 fully saturated rings. The van der Waals surface area contributed by atoms with E-state index in [0.29, 0.717) is 34.3 Å². The molecule has 1 amide bonds. The largest absolute Gasteiger partial charge is 0.495 e. The second-order valence-electron chi connectivity index (χ2n) is 7.62. The summed E-state index contributed by atoms with van der Waals surface area (Å²) in [6, 6.07) is 2.97. The van der Waals surface area contributed by atoms with Gasteiger partial charge in [0.05, 0.1) is 42.5 Å². The molecule has 30 heavy (non-hydrogen) atoms. The van der Waals surface area contributed by atoms with Crippen LogP contribution < -0.4 is 14.8 Å². The normalized spacial score (nSPS) is 19.9. The average molecular weight is 454 g/mol. The van der Waals surface area contributed by atoms with E-state index in [2.05, 4.69) is 10.4 Å². The monoisotopic (exact) mass is 453 g/mol. The summed E-state index contributed by atoms with van der Waals surface area (Å²) in [5, 5.41) is 7.82. The minimum atomic E-state index is -3.05. The van der Waals surface area contributed by atoms with Crippen LogP contribution in [0.3, 0.4) is 0 Å². The fourth-order valence-corrected chi connectivity index (χ4v) is 6.14. The van der Waals surface area contributed by atoms with Gasteiger partial charge in [-0.25, -0.2) is 8.42 Å². The molecule has 162 valence electrons. The Morgan fingerprint density at radius 2 is 1.93 bits per heavy atom. The Morgan fingerprint density at radius 1 is 1.20 bits per heavy atom. The highest BCUT2D eigenvalue weighted by atomic mass is 35.5. The average Bonchev–Trinajstić information content (AvgIpc) is 3.28. The summed E-state index contributed by atoms with van der Waals surface area (Å²) < 4.78 is 36.3. The first-order chi connectivity index (χ1) is 14.3. The van der Waals surface area contributed by atoms with E-state index in [1.807, 2.05) is 0 Å². The molecule has 2 heterocycles. The number of ether oxygens (including phenoxy) is 2. The second kappa shape index (κ2) is 8.11. The molecular formula is C20H24ClN3O5S. The molecular weight excluding hydrogens is 430 g/mol. The molecule has 2 aromatic rings. The number of sulfone groups is 1. The molecule has 4 rings (SSSR count). The Labute approximate surface area is 180 Å². The van der Waals surface area contributed by atoms with Crippen molar-refractivity contribution in [2.45, 2.75) is 38.1 Å². The van der Waals surface area contributed by atoms with Gasteiger partial charge in [0.1, 0.15) is 11.5 Å². The highest BCUT2D eigenvalue weighted by Gasteiger charge is 2.34. The molecule has 0 spiro atoms. The van der Waals surface area contributed by atoms with Crippen LogP contribution in [0, 0.1) is 0 Å². The van der Waals surface area contributed by atoms with Crippen LogP contribution in [0.1, 0.15) is 47.1 Å². The Hall–Kier alpha value is -2.26. The molecule has 1 aliphatic carbocycles. The zero-order chi connectivity index (χ0) is 21.5. The van der Waals surface area contributed by atoms with Gasteiger partial charge >= 0.3 is 0 Å². The predicted molar refractivity (Wildman–Crippen MR) is 114 cm³/mol. The smallest absolute Gasteiger partial charge is 0.276 e. The molecule has 0 unspecified atom stereocenters. The maximum atomic E-state index is 13.2. The lowest BCUT2D eigenvalue weighted by molar-refractivity contribution is 0.102. The third kappa shape index (κ3) is 3.88. The summed E-state index contributed by atoms with van der Waals surface area (Å²) in [5.74, 6) is 0.691. The van der Waals surface area contributed by atoms with Crippen molar-refractivity contribution < 1.29 is 22.7 Å². The zero-order valence-corrected chi connectivity index (χ0v) is 18.5. The SMILES string of the molecule is COc1cc(NC(=O)c2nn([C@H]3CCS(=O)(=O)C3)c3c2CCCC3)c(OC)cc1Cl. The van der Waals surface area contributed by atoms with Crippen molar-refractivity contribution in [2.24, 2.45) is 0 Å². The molecule has 1 aliphatic heterocycles. The third-order valence-electron chi connectivity index (χ3n) is 5.70. The van der Waals surface area contributed by atoms with Crippen molar-refractivity contribution >= 4 is 33.0 Å². The molecule has 1 aromatic carbocycles. The van der Waals surface area contributed by atoms with Gasteiger partial charge in [0.25, 0.3) is 5.91 Å². The van der Waals surface area contributed by atoms with E-state index in [9.17, 15) is 13.2 Å². The standard InChI is InChI=1S/C20H24ClN3O5S/c1-28-17-10-15(18(29-2)9-14(17)21)22-20(25)19-13-5-3-4-6-16(13)24(23-19)12-7-8-30(26,27)11-12/h9-10,12H,3-8,11H2,1-2H3,(H,22,25)/t12-/m0/s1. The highest BCUT2D eigenvalue weighted by molar-refractivity contribution is 7.91. The molecule has 0 saturated carbocycles. The number of hydrogen-bond acceptors (Lipinski definition) is 6. The summed E-state index contributed by atoms with van der Waals surface area (Å²) in [6.45, 7) is 0. The van der Waals surface area contributed by atoms with Gasteiger partial charge in [0.15, 0.2) is 15.5 Å². The van der Waals surface area contributed by atoms with Crippen LogP contribution in [-0.2, 0) is 22.7 Å². The van der Waals surface area contributed by atoms with Gasteiger partial charge in [-0.1, -0.05) is 11.6 Å². The number of carbonyl (C=O) groups excluding carboxylic acids is 1. The number of fused-ring (bicyclic) bond motifs is 1. The van der Waals surface area contributed by atoms with E-state index in [1.54, 1.807) is 16.8 Å². The summed E-state index contributed by atoms with van der Waals surface area (Å²) >= 11 is 6.15. The molecule has 1 saturated heterocycles. The lowest BCUT2D eigenvalue weighted by Gasteiger charge is -2.17. The van der Waals surface area contributed by atoms with Crippen LogP contribution >= 0.6 is 11.6 Å². The number of hydrogen-bond donors (Lipinski definition) is 1. The van der Waals surface area contributed by atoms with Gasteiger partial charge in [-0.3, -0.25) is 9.48 Å². The number of nitrogens with zero attached hydrogens (tertiary/aromatic N) is 2. The fourth-order valence-electron chi connectivity index (χ4n) is 4.22. The number of methoxy groups -OCH3 is 2. The lowest BCUT2D eigenvalue weighted by Crippen LogP contribution is -2.17. The first-order valence-corrected chi connectivity index (χ1v) is 12.1. The minimum Gasteiger partial charge on any atom is -0.495 e. The fraction of sp³-hybridized carbons (Fsp3) is 0.500. The van der Waals surface area contributed by atoms with E-state index >= 15 is 0 Å². The zero-order valence-electron chi connectivity index (χ0n) is 16.9. The second-order valence-corrected chi connectivity index (χ2v) is 10.3. The van der Waals surface area contributed by atoms with E-state index in [0.717, 1.165) is 36.9 Å². The van der Waals surface area contributed by atoms with Crippen molar-refractivity contribution in [3.63, 3.8) is 0 Å². The molecule has 2 aliphatic rings. The van der Waals surface area contributed by atoms with E-state index < -0.39 is 9.84 Å². The minimum absolute atomic E-state index is 0.0738. The van der Waals surface area contributed by atoms with Crippen LogP contribution in [0.15, 0.2) is 12.1 Å². The molecule has 8 nitrogen and oxygen atoms in total. The molecule has 0 radical (unpaired) electrons. The predicted octanol–water partition coefficient (Wildman–Crippen LogP) is 3.04. The molecule has 0 bridgehead atoms. The van der Waals surface area contributed by atoms with Gasteiger partial charge in [-0.15, -0.1) is 0 Å². The quantitative estimate of drug-likeness (QED) is 0.746. The topological polar surface area (TPSA) is 99.5 Å². The van der Waals surface area contributed by atoms with Gasteiger partial charge in [-0.2, -0.15) is 5.10 Å². The number of aromatic nitrogens is 2. The van der Waals surface area contributed by atoms with Crippen LogP contribution in [0.5, 0.6) is 11.5 Å². The molecule has 1 atom stereocenters. The number of carbonyl (C=O) groups is 1. The van der Waals surface area contributed by atoms with Crippen molar-refractivity contribution in [3.8, 4) is 11.5 Å². The summed E-state index contributed by atoms with van der Waals surface area (Å²) in [4.78, 5) is 13.2. The number of benzene rings is 1. The maximum Gasteiger partial charge on any atom is 0.276 e. The Morgan fingerprint density at radius 3 is 2.60 bits per heavy atom. The Bertz CT molecular complexity index is 1100.